The minimum atomic E-state index is -0.962. The summed E-state index contributed by atoms with van der Waals surface area (Å²) in [6.45, 7) is 2.13. The smallest absolute Gasteiger partial charge is 0.235 e. The van der Waals surface area contributed by atoms with Crippen LogP contribution in [0.1, 0.15) is 6.92 Å². The van der Waals surface area contributed by atoms with Gasteiger partial charge < -0.3 is 9.84 Å². The van der Waals surface area contributed by atoms with Crippen LogP contribution >= 0.6 is 0 Å². The maximum Gasteiger partial charge on any atom is 0.235 e. The lowest BCUT2D eigenvalue weighted by molar-refractivity contribution is -0.0861. The first-order valence-corrected chi connectivity index (χ1v) is 2.64. The molecule has 52 valence electrons. The van der Waals surface area contributed by atoms with Gasteiger partial charge in [-0.2, -0.15) is 0 Å². The van der Waals surface area contributed by atoms with Gasteiger partial charge >= 0.3 is 0 Å². The molecule has 0 rings (SSSR count). The zero-order valence-electron chi connectivity index (χ0n) is 5.20. The number of aliphatic hydroxyl groups is 1. The summed E-state index contributed by atoms with van der Waals surface area (Å²) in [5, 5.41) is 8.69. The van der Waals surface area contributed by atoms with Crippen LogP contribution in [0.2, 0.25) is 0 Å². The van der Waals surface area contributed by atoms with Crippen molar-refractivity contribution in [3.8, 4) is 0 Å². The molecule has 1 atom stereocenters. The van der Waals surface area contributed by atoms with Gasteiger partial charge in [0.25, 0.3) is 0 Å². The van der Waals surface area contributed by atoms with Gasteiger partial charge in [-0.25, -0.2) is 9.79 Å². The highest BCUT2D eigenvalue weighted by Gasteiger charge is 1.98. The molecule has 0 aliphatic rings. The summed E-state index contributed by atoms with van der Waals surface area (Å²) in [4.78, 5) is 12.6. The molecular formula is C5H9NO3. The number of ether oxygens (including phenoxy) is 1. The maximum atomic E-state index is 9.46. The van der Waals surface area contributed by atoms with Crippen LogP contribution in [-0.2, 0) is 9.53 Å². The van der Waals surface area contributed by atoms with Crippen LogP contribution in [0.3, 0.4) is 0 Å². The third-order valence-electron chi connectivity index (χ3n) is 0.671. The molecule has 9 heavy (non-hydrogen) atoms. The Morgan fingerprint density at radius 1 is 1.89 bits per heavy atom. The van der Waals surface area contributed by atoms with Crippen LogP contribution in [0.4, 0.5) is 0 Å². The Morgan fingerprint density at radius 2 is 2.56 bits per heavy atom. The van der Waals surface area contributed by atoms with Gasteiger partial charge in [-0.1, -0.05) is 0 Å². The molecule has 0 fully saturated rings. The highest BCUT2D eigenvalue weighted by atomic mass is 16.6. The van der Waals surface area contributed by atoms with Crippen LogP contribution in [0.25, 0.3) is 0 Å². The number of isocyanates is 1. The van der Waals surface area contributed by atoms with Crippen molar-refractivity contribution in [3.63, 3.8) is 0 Å². The van der Waals surface area contributed by atoms with Crippen LogP contribution in [0.5, 0.6) is 0 Å². The normalized spacial score (nSPS) is 12.2. The number of rotatable bonds is 4. The van der Waals surface area contributed by atoms with E-state index < -0.39 is 6.29 Å². The molecule has 0 spiro atoms. The van der Waals surface area contributed by atoms with Crippen LogP contribution < -0.4 is 0 Å². The average Bonchev–Trinajstić information content (AvgIpc) is 1.85. The largest absolute Gasteiger partial charge is 0.366 e. The van der Waals surface area contributed by atoms with Crippen molar-refractivity contribution < 1.29 is 14.6 Å². The summed E-state index contributed by atoms with van der Waals surface area (Å²) < 4.78 is 4.63. The van der Waals surface area contributed by atoms with Gasteiger partial charge in [0.15, 0.2) is 6.29 Å². The third kappa shape index (κ3) is 5.17. The first-order valence-electron chi connectivity index (χ1n) is 2.64. The van der Waals surface area contributed by atoms with Crippen molar-refractivity contribution in [2.45, 2.75) is 13.2 Å². The Kier molecular flexibility index (Phi) is 5.01. The van der Waals surface area contributed by atoms with E-state index in [2.05, 4.69) is 9.73 Å². The number of carbonyl (C=O) groups excluding carboxylic acids is 1. The molecule has 4 nitrogen and oxygen atoms in total. The van der Waals surface area contributed by atoms with Gasteiger partial charge in [-0.05, 0) is 6.92 Å². The zero-order chi connectivity index (χ0) is 7.11. The summed E-state index contributed by atoms with van der Waals surface area (Å²) in [5.41, 5.74) is 0. The lowest BCUT2D eigenvalue weighted by Gasteiger charge is -2.04. The Bertz CT molecular complexity index is 109. The molecule has 0 heterocycles. The van der Waals surface area contributed by atoms with Gasteiger partial charge in [0, 0.05) is 6.61 Å². The van der Waals surface area contributed by atoms with E-state index in [0.717, 1.165) is 0 Å². The van der Waals surface area contributed by atoms with Crippen molar-refractivity contribution in [1.29, 1.82) is 0 Å². The fourth-order valence-electron chi connectivity index (χ4n) is 0.360. The van der Waals surface area contributed by atoms with Crippen molar-refractivity contribution in [2.24, 2.45) is 4.99 Å². The third-order valence-corrected chi connectivity index (χ3v) is 0.671. The van der Waals surface area contributed by atoms with Crippen molar-refractivity contribution in [3.05, 3.63) is 0 Å². The van der Waals surface area contributed by atoms with E-state index in [0.29, 0.717) is 6.61 Å². The minimum Gasteiger partial charge on any atom is -0.366 e. The second-order valence-electron chi connectivity index (χ2n) is 1.34. The Hall–Kier alpha value is -0.700. The molecule has 4 heteroatoms. The first-order chi connectivity index (χ1) is 4.31. The number of aliphatic imine (C=N–C) groups is 1. The molecule has 0 amide bonds. The van der Waals surface area contributed by atoms with Crippen LogP contribution in [0, 0.1) is 0 Å². The fraction of sp³-hybridized carbons (Fsp3) is 0.800. The molecule has 1 N–H and O–H groups in total. The molecule has 0 aromatic carbocycles. The molecular weight excluding hydrogens is 122 g/mol. The lowest BCUT2D eigenvalue weighted by Crippen LogP contribution is -2.14. The SMILES string of the molecule is CCOC(O)CN=C=O. The van der Waals surface area contributed by atoms with E-state index in [1.165, 1.54) is 6.08 Å². The highest BCUT2D eigenvalue weighted by Crippen LogP contribution is 1.84. The van der Waals surface area contributed by atoms with Crippen molar-refractivity contribution >= 4 is 6.08 Å². The molecule has 0 aromatic rings. The fourth-order valence-corrected chi connectivity index (χ4v) is 0.360. The second-order valence-corrected chi connectivity index (χ2v) is 1.34. The first kappa shape index (κ1) is 8.30. The van der Waals surface area contributed by atoms with Gasteiger partial charge in [-0.3, -0.25) is 0 Å². The summed E-state index contributed by atoms with van der Waals surface area (Å²) in [5.74, 6) is 0. The number of hydrogen-bond donors (Lipinski definition) is 1. The van der Waals surface area contributed by atoms with E-state index in [-0.39, 0.29) is 6.54 Å². The molecule has 0 aliphatic heterocycles. The number of aliphatic hydroxyl groups excluding tert-OH is 1. The predicted molar refractivity (Wildman–Crippen MR) is 30.6 cm³/mol. The number of hydrogen-bond acceptors (Lipinski definition) is 4. The molecule has 0 aliphatic carbocycles. The van der Waals surface area contributed by atoms with Gasteiger partial charge in [0.05, 0.1) is 0 Å². The number of nitrogens with zero attached hydrogens (tertiary/aromatic N) is 1. The predicted octanol–water partition coefficient (Wildman–Crippen LogP) is -0.323. The molecule has 0 saturated heterocycles. The maximum absolute atomic E-state index is 9.46. The Balaban J connectivity index is 3.25. The summed E-state index contributed by atoms with van der Waals surface area (Å²) >= 11 is 0. The van der Waals surface area contributed by atoms with E-state index in [9.17, 15) is 4.79 Å². The van der Waals surface area contributed by atoms with Gasteiger partial charge in [-0.15, -0.1) is 0 Å². The second kappa shape index (κ2) is 5.44. The van der Waals surface area contributed by atoms with E-state index in [1.54, 1.807) is 6.92 Å². The molecule has 0 aromatic heterocycles. The molecule has 0 radical (unpaired) electrons. The molecule has 1 unspecified atom stereocenters. The summed E-state index contributed by atoms with van der Waals surface area (Å²) in [7, 11) is 0. The van der Waals surface area contributed by atoms with E-state index >= 15 is 0 Å². The zero-order valence-corrected chi connectivity index (χ0v) is 5.20. The highest BCUT2D eigenvalue weighted by molar-refractivity contribution is 5.32. The standard InChI is InChI=1S/C5H9NO3/c1-2-9-5(8)3-6-4-7/h5,8H,2-3H2,1H3. The Morgan fingerprint density at radius 3 is 3.00 bits per heavy atom. The summed E-state index contributed by atoms with van der Waals surface area (Å²) in [6.07, 6.45) is 0.330. The monoisotopic (exact) mass is 131 g/mol. The average molecular weight is 131 g/mol. The minimum absolute atomic E-state index is 0.0304. The van der Waals surface area contributed by atoms with Crippen LogP contribution in [0.15, 0.2) is 4.99 Å². The van der Waals surface area contributed by atoms with Crippen LogP contribution in [-0.4, -0.2) is 30.6 Å². The summed E-state index contributed by atoms with van der Waals surface area (Å²) in [6, 6.07) is 0. The quantitative estimate of drug-likeness (QED) is 0.323. The Labute approximate surface area is 53.2 Å². The lowest BCUT2D eigenvalue weighted by atomic mass is 10.6. The van der Waals surface area contributed by atoms with E-state index in [4.69, 9.17) is 5.11 Å². The van der Waals surface area contributed by atoms with Gasteiger partial charge in [0.1, 0.15) is 6.54 Å². The van der Waals surface area contributed by atoms with E-state index in [1.807, 2.05) is 0 Å². The van der Waals surface area contributed by atoms with Gasteiger partial charge in [0.2, 0.25) is 6.08 Å². The topological polar surface area (TPSA) is 58.9 Å². The molecule has 0 bridgehead atoms. The van der Waals surface area contributed by atoms with Crippen molar-refractivity contribution in [1.82, 2.24) is 0 Å². The van der Waals surface area contributed by atoms with Crippen molar-refractivity contribution in [2.75, 3.05) is 13.2 Å². The molecule has 0 saturated carbocycles.